The van der Waals surface area contributed by atoms with Gasteiger partial charge in [-0.25, -0.2) is 0 Å². The molecule has 0 atom stereocenters. The topological polar surface area (TPSA) is 23.5 Å². The van der Waals surface area contributed by atoms with Crippen molar-refractivity contribution in [3.8, 4) is 0 Å². The Morgan fingerprint density at radius 3 is 2.56 bits per heavy atom. The lowest BCUT2D eigenvalue weighted by Gasteiger charge is -2.16. The van der Waals surface area contributed by atoms with Crippen LogP contribution in [0.2, 0.25) is 0 Å². The molecule has 1 aromatic rings. The first-order valence-corrected chi connectivity index (χ1v) is 7.66. The molecule has 0 spiro atoms. The molecule has 1 aromatic carbocycles. The van der Waals surface area contributed by atoms with Crippen molar-refractivity contribution in [1.82, 2.24) is 4.90 Å². The smallest absolute Gasteiger partial charge is 0.0690 e. The molecule has 0 aromatic heterocycles. The summed E-state index contributed by atoms with van der Waals surface area (Å²) in [5.41, 5.74) is 2.21. The van der Waals surface area contributed by atoms with Crippen molar-refractivity contribution in [2.75, 3.05) is 13.1 Å². The first kappa shape index (κ1) is 12.6. The van der Waals surface area contributed by atoms with Gasteiger partial charge >= 0.3 is 0 Å². The van der Waals surface area contributed by atoms with Crippen molar-refractivity contribution in [3.05, 3.63) is 33.8 Å². The van der Waals surface area contributed by atoms with Gasteiger partial charge in [-0.2, -0.15) is 0 Å². The van der Waals surface area contributed by atoms with Crippen LogP contribution < -0.4 is 0 Å². The second-order valence-corrected chi connectivity index (χ2v) is 6.66. The number of likely N-dealkylation sites (tertiary alicyclic amines) is 1. The zero-order valence-electron chi connectivity index (χ0n) is 10.7. The minimum absolute atomic E-state index is 0.393. The summed E-state index contributed by atoms with van der Waals surface area (Å²) in [7, 11) is 0. The lowest BCUT2D eigenvalue weighted by Crippen LogP contribution is -2.18. The summed E-state index contributed by atoms with van der Waals surface area (Å²) >= 11 is 3.67. The van der Waals surface area contributed by atoms with E-state index in [2.05, 4.69) is 39.0 Å². The highest BCUT2D eigenvalue weighted by molar-refractivity contribution is 9.10. The van der Waals surface area contributed by atoms with Gasteiger partial charge in [0.05, 0.1) is 5.60 Å². The van der Waals surface area contributed by atoms with E-state index in [0.29, 0.717) is 0 Å². The zero-order chi connectivity index (χ0) is 12.6. The molecular weight excluding hydrogens is 290 g/mol. The van der Waals surface area contributed by atoms with Crippen LogP contribution in [0, 0.1) is 0 Å². The highest BCUT2D eigenvalue weighted by Gasteiger charge is 2.40. The zero-order valence-corrected chi connectivity index (χ0v) is 12.2. The molecule has 0 bridgehead atoms. The summed E-state index contributed by atoms with van der Waals surface area (Å²) in [6.45, 7) is 3.51. The molecule has 0 radical (unpaired) electrons. The predicted molar refractivity (Wildman–Crippen MR) is 76.5 cm³/mol. The summed E-state index contributed by atoms with van der Waals surface area (Å²) in [5, 5.41) is 9.95. The van der Waals surface area contributed by atoms with Gasteiger partial charge in [0.1, 0.15) is 0 Å². The van der Waals surface area contributed by atoms with E-state index in [1.54, 1.807) is 0 Å². The van der Waals surface area contributed by atoms with Crippen LogP contribution in [0.25, 0.3) is 0 Å². The highest BCUT2D eigenvalue weighted by atomic mass is 79.9. The lowest BCUT2D eigenvalue weighted by atomic mass is 10.0. The minimum atomic E-state index is -0.393. The van der Waals surface area contributed by atoms with Crippen molar-refractivity contribution in [3.63, 3.8) is 0 Å². The standard InChI is InChI=1S/C15H20BrNO/c16-14-9-12(10-15(18)5-6-15)3-4-13(14)11-17-7-1-2-8-17/h3-4,9,18H,1-2,5-8,10-11H2. The molecule has 98 valence electrons. The Bertz CT molecular complexity index is 436. The van der Waals surface area contributed by atoms with Crippen LogP contribution in [-0.2, 0) is 13.0 Å². The summed E-state index contributed by atoms with van der Waals surface area (Å²) < 4.78 is 1.19. The van der Waals surface area contributed by atoms with Gasteiger partial charge in [-0.05, 0) is 56.0 Å². The molecule has 1 saturated carbocycles. The number of halogens is 1. The summed E-state index contributed by atoms with van der Waals surface area (Å²) in [4.78, 5) is 2.51. The van der Waals surface area contributed by atoms with Crippen LogP contribution in [0.4, 0.5) is 0 Å². The van der Waals surface area contributed by atoms with Crippen LogP contribution in [0.1, 0.15) is 36.8 Å². The van der Waals surface area contributed by atoms with Crippen molar-refractivity contribution in [2.24, 2.45) is 0 Å². The van der Waals surface area contributed by atoms with Gasteiger partial charge in [0, 0.05) is 17.4 Å². The summed E-state index contributed by atoms with van der Waals surface area (Å²) in [6.07, 6.45) is 5.39. The molecule has 1 heterocycles. The number of aliphatic hydroxyl groups is 1. The quantitative estimate of drug-likeness (QED) is 0.924. The fraction of sp³-hybridized carbons (Fsp3) is 0.600. The maximum absolute atomic E-state index is 9.95. The highest BCUT2D eigenvalue weighted by Crippen LogP contribution is 2.38. The SMILES string of the molecule is OC1(Cc2ccc(CN3CCCC3)c(Br)c2)CC1. The van der Waals surface area contributed by atoms with Gasteiger partial charge in [-0.1, -0.05) is 28.1 Å². The normalized spacial score (nSPS) is 22.3. The number of nitrogens with zero attached hydrogens (tertiary/aromatic N) is 1. The molecule has 2 fully saturated rings. The van der Waals surface area contributed by atoms with Crippen LogP contribution >= 0.6 is 15.9 Å². The summed E-state index contributed by atoms with van der Waals surface area (Å²) in [5.74, 6) is 0. The van der Waals surface area contributed by atoms with E-state index in [0.717, 1.165) is 25.8 Å². The van der Waals surface area contributed by atoms with Gasteiger partial charge in [0.15, 0.2) is 0 Å². The molecule has 1 aliphatic heterocycles. The molecule has 2 nitrogen and oxygen atoms in total. The largest absolute Gasteiger partial charge is 0.390 e. The van der Waals surface area contributed by atoms with E-state index in [1.165, 1.54) is 41.5 Å². The molecule has 3 rings (SSSR count). The first-order valence-electron chi connectivity index (χ1n) is 6.87. The second-order valence-electron chi connectivity index (χ2n) is 5.81. The van der Waals surface area contributed by atoms with Crippen LogP contribution in [-0.4, -0.2) is 28.7 Å². The monoisotopic (exact) mass is 309 g/mol. The maximum atomic E-state index is 9.95. The van der Waals surface area contributed by atoms with E-state index >= 15 is 0 Å². The summed E-state index contributed by atoms with van der Waals surface area (Å²) in [6, 6.07) is 6.57. The molecule has 1 N–H and O–H groups in total. The number of benzene rings is 1. The average molecular weight is 310 g/mol. The third-order valence-electron chi connectivity index (χ3n) is 4.07. The molecule has 0 amide bonds. The molecule has 1 aliphatic carbocycles. The van der Waals surface area contributed by atoms with Gasteiger partial charge in [-0.3, -0.25) is 4.90 Å². The van der Waals surface area contributed by atoms with Gasteiger partial charge in [0.25, 0.3) is 0 Å². The second kappa shape index (κ2) is 4.95. The fourth-order valence-corrected chi connectivity index (χ4v) is 3.26. The Hall–Kier alpha value is -0.380. The van der Waals surface area contributed by atoms with Crippen molar-refractivity contribution in [2.45, 2.75) is 44.2 Å². The Morgan fingerprint density at radius 1 is 1.22 bits per heavy atom. The maximum Gasteiger partial charge on any atom is 0.0690 e. The Balaban J connectivity index is 1.68. The first-order chi connectivity index (χ1) is 8.65. The van der Waals surface area contributed by atoms with E-state index < -0.39 is 5.60 Å². The van der Waals surface area contributed by atoms with Gasteiger partial charge < -0.3 is 5.11 Å². The third-order valence-corrected chi connectivity index (χ3v) is 4.81. The Labute approximate surface area is 117 Å². The molecular formula is C15H20BrNO. The van der Waals surface area contributed by atoms with Crippen molar-refractivity contribution in [1.29, 1.82) is 0 Å². The number of hydrogen-bond acceptors (Lipinski definition) is 2. The fourth-order valence-electron chi connectivity index (χ4n) is 2.71. The molecule has 1 saturated heterocycles. The molecule has 18 heavy (non-hydrogen) atoms. The van der Waals surface area contributed by atoms with E-state index in [4.69, 9.17) is 0 Å². The van der Waals surface area contributed by atoms with Crippen LogP contribution in [0.15, 0.2) is 22.7 Å². The van der Waals surface area contributed by atoms with Crippen LogP contribution in [0.3, 0.4) is 0 Å². The molecule has 3 heteroatoms. The molecule has 2 aliphatic rings. The Kier molecular flexibility index (Phi) is 3.48. The van der Waals surface area contributed by atoms with Gasteiger partial charge in [-0.15, -0.1) is 0 Å². The van der Waals surface area contributed by atoms with Gasteiger partial charge in [0.2, 0.25) is 0 Å². The lowest BCUT2D eigenvalue weighted by molar-refractivity contribution is 0.151. The predicted octanol–water partition coefficient (Wildman–Crippen LogP) is 3.11. The van der Waals surface area contributed by atoms with Crippen molar-refractivity contribution < 1.29 is 5.11 Å². The van der Waals surface area contributed by atoms with E-state index in [1.807, 2.05) is 0 Å². The minimum Gasteiger partial charge on any atom is -0.390 e. The third kappa shape index (κ3) is 2.95. The molecule has 0 unspecified atom stereocenters. The van der Waals surface area contributed by atoms with Crippen molar-refractivity contribution >= 4 is 15.9 Å². The number of hydrogen-bond donors (Lipinski definition) is 1. The van der Waals surface area contributed by atoms with E-state index in [-0.39, 0.29) is 0 Å². The van der Waals surface area contributed by atoms with Crippen LogP contribution in [0.5, 0.6) is 0 Å². The Morgan fingerprint density at radius 2 is 1.94 bits per heavy atom. The van der Waals surface area contributed by atoms with E-state index in [9.17, 15) is 5.11 Å². The number of rotatable bonds is 4. The average Bonchev–Trinajstić information content (AvgIpc) is 2.86.